The fraction of sp³-hybridized carbons (Fsp3) is 0.348. The van der Waals surface area contributed by atoms with Crippen molar-refractivity contribution >= 4 is 16.8 Å². The molecule has 0 bridgehead atoms. The second kappa shape index (κ2) is 8.47. The zero-order valence-corrected chi connectivity index (χ0v) is 16.5. The molecule has 29 heavy (non-hydrogen) atoms. The van der Waals surface area contributed by atoms with Gasteiger partial charge in [0.1, 0.15) is 11.6 Å². The summed E-state index contributed by atoms with van der Waals surface area (Å²) in [5.74, 6) is 1.97. The Balaban J connectivity index is 1.35. The van der Waals surface area contributed by atoms with Crippen LogP contribution in [0.4, 0.5) is 0 Å². The highest BCUT2D eigenvalue weighted by Crippen LogP contribution is 2.41. The number of benzene rings is 2. The van der Waals surface area contributed by atoms with Crippen LogP contribution in [0.25, 0.3) is 10.9 Å². The molecule has 2 aromatic carbocycles. The van der Waals surface area contributed by atoms with E-state index < -0.39 is 0 Å². The van der Waals surface area contributed by atoms with Crippen LogP contribution in [0.1, 0.15) is 43.1 Å². The van der Waals surface area contributed by atoms with E-state index in [9.17, 15) is 9.59 Å². The average molecular weight is 391 g/mol. The topological polar surface area (TPSA) is 84.1 Å². The number of rotatable bonds is 8. The number of carbonyl (C=O) groups excluding carboxylic acids is 1. The largest absolute Gasteiger partial charge is 0.497 e. The smallest absolute Gasteiger partial charge is 0.258 e. The van der Waals surface area contributed by atoms with Gasteiger partial charge in [0.25, 0.3) is 5.56 Å². The third-order valence-electron chi connectivity index (χ3n) is 5.36. The van der Waals surface area contributed by atoms with Crippen LogP contribution in [0.5, 0.6) is 5.75 Å². The molecule has 1 heterocycles. The van der Waals surface area contributed by atoms with Gasteiger partial charge in [0.2, 0.25) is 5.91 Å². The third kappa shape index (κ3) is 4.65. The summed E-state index contributed by atoms with van der Waals surface area (Å²) in [5, 5.41) is 3.77. The number of carbonyl (C=O) groups is 1. The van der Waals surface area contributed by atoms with E-state index in [4.69, 9.17) is 4.74 Å². The minimum absolute atomic E-state index is 0.0286. The van der Waals surface area contributed by atoms with Crippen LogP contribution >= 0.6 is 0 Å². The highest BCUT2D eigenvalue weighted by molar-refractivity contribution is 5.77. The Labute approximate surface area is 169 Å². The summed E-state index contributed by atoms with van der Waals surface area (Å²) in [6, 6.07) is 15.2. The summed E-state index contributed by atoms with van der Waals surface area (Å²) >= 11 is 0. The lowest BCUT2D eigenvalue weighted by Crippen LogP contribution is -2.29. The summed E-state index contributed by atoms with van der Waals surface area (Å²) < 4.78 is 5.22. The Morgan fingerprint density at radius 2 is 1.97 bits per heavy atom. The molecule has 0 radical (unpaired) electrons. The summed E-state index contributed by atoms with van der Waals surface area (Å²) in [6.07, 6.45) is 3.87. The molecule has 3 aromatic rings. The number of aromatic amines is 1. The molecule has 6 heteroatoms. The maximum Gasteiger partial charge on any atom is 0.258 e. The molecule has 1 saturated carbocycles. The zero-order chi connectivity index (χ0) is 20.2. The van der Waals surface area contributed by atoms with Gasteiger partial charge in [-0.2, -0.15) is 0 Å². The van der Waals surface area contributed by atoms with Gasteiger partial charge in [-0.25, -0.2) is 4.98 Å². The number of hydrogen-bond donors (Lipinski definition) is 2. The van der Waals surface area contributed by atoms with Gasteiger partial charge < -0.3 is 15.0 Å². The third-order valence-corrected chi connectivity index (χ3v) is 5.36. The van der Waals surface area contributed by atoms with E-state index in [0.717, 1.165) is 24.2 Å². The standard InChI is InChI=1S/C23H25N3O3/c1-29-17-13-11-16(12-14-17)22(15-9-10-15)26-21(27)8-4-7-20-24-19-6-3-2-5-18(19)23(28)25-20/h2-3,5-6,11-15,22H,4,7-10H2,1H3,(H,26,27)(H,24,25,28). The van der Waals surface area contributed by atoms with Crippen molar-refractivity contribution in [2.75, 3.05) is 7.11 Å². The number of amides is 1. The fourth-order valence-electron chi connectivity index (χ4n) is 3.63. The second-order valence-corrected chi connectivity index (χ2v) is 7.54. The maximum absolute atomic E-state index is 12.5. The van der Waals surface area contributed by atoms with Gasteiger partial charge in [-0.1, -0.05) is 24.3 Å². The van der Waals surface area contributed by atoms with Crippen LogP contribution in [0.2, 0.25) is 0 Å². The van der Waals surface area contributed by atoms with Crippen molar-refractivity contribution in [2.45, 2.75) is 38.1 Å². The van der Waals surface area contributed by atoms with Crippen LogP contribution in [0.15, 0.2) is 53.3 Å². The lowest BCUT2D eigenvalue weighted by Gasteiger charge is -2.19. The first-order valence-corrected chi connectivity index (χ1v) is 10.1. The molecule has 0 saturated heterocycles. The minimum Gasteiger partial charge on any atom is -0.497 e. The first-order valence-electron chi connectivity index (χ1n) is 10.1. The number of aromatic nitrogens is 2. The molecule has 0 spiro atoms. The zero-order valence-electron chi connectivity index (χ0n) is 16.5. The quantitative estimate of drug-likeness (QED) is 0.615. The van der Waals surface area contributed by atoms with Gasteiger partial charge in [0, 0.05) is 12.8 Å². The Morgan fingerprint density at radius 1 is 1.21 bits per heavy atom. The van der Waals surface area contributed by atoms with Gasteiger partial charge in [-0.05, 0) is 55.0 Å². The summed E-state index contributed by atoms with van der Waals surface area (Å²) in [4.78, 5) is 32.0. The molecular formula is C23H25N3O3. The van der Waals surface area contributed by atoms with Crippen molar-refractivity contribution in [3.05, 3.63) is 70.3 Å². The molecule has 1 atom stereocenters. The normalized spacial score (nSPS) is 14.5. The predicted octanol–water partition coefficient (Wildman–Crippen LogP) is 3.52. The molecule has 1 fully saturated rings. The Hall–Kier alpha value is -3.15. The number of H-pyrrole nitrogens is 1. The van der Waals surface area contributed by atoms with E-state index >= 15 is 0 Å². The summed E-state index contributed by atoms with van der Waals surface area (Å²) in [6.45, 7) is 0. The molecule has 1 unspecified atom stereocenters. The number of fused-ring (bicyclic) bond motifs is 1. The number of nitrogens with zero attached hydrogens (tertiary/aromatic N) is 1. The van der Waals surface area contributed by atoms with Crippen LogP contribution in [0, 0.1) is 5.92 Å². The molecule has 4 rings (SSSR count). The summed E-state index contributed by atoms with van der Waals surface area (Å²) in [5.41, 5.74) is 1.66. The Kier molecular flexibility index (Phi) is 5.60. The predicted molar refractivity (Wildman–Crippen MR) is 112 cm³/mol. The molecular weight excluding hydrogens is 366 g/mol. The van der Waals surface area contributed by atoms with Gasteiger partial charge >= 0.3 is 0 Å². The molecule has 2 N–H and O–H groups in total. The number of nitrogens with one attached hydrogen (secondary N) is 2. The molecule has 1 aliphatic carbocycles. The van der Waals surface area contributed by atoms with E-state index in [0.29, 0.717) is 41.9 Å². The lowest BCUT2D eigenvalue weighted by molar-refractivity contribution is -0.122. The number of aryl methyl sites for hydroxylation is 1. The van der Waals surface area contributed by atoms with Gasteiger partial charge in [-0.3, -0.25) is 9.59 Å². The van der Waals surface area contributed by atoms with Crippen molar-refractivity contribution in [3.8, 4) is 5.75 Å². The number of methoxy groups -OCH3 is 1. The van der Waals surface area contributed by atoms with E-state index in [1.54, 1.807) is 13.2 Å². The highest BCUT2D eigenvalue weighted by Gasteiger charge is 2.33. The van der Waals surface area contributed by atoms with Gasteiger partial charge in [0.05, 0.1) is 24.1 Å². The highest BCUT2D eigenvalue weighted by atomic mass is 16.5. The van der Waals surface area contributed by atoms with Gasteiger partial charge in [-0.15, -0.1) is 0 Å². The molecule has 150 valence electrons. The number of hydrogen-bond acceptors (Lipinski definition) is 4. The molecule has 6 nitrogen and oxygen atoms in total. The number of para-hydroxylation sites is 1. The first-order chi connectivity index (χ1) is 14.1. The maximum atomic E-state index is 12.5. The van der Waals surface area contributed by atoms with Crippen molar-refractivity contribution in [1.29, 1.82) is 0 Å². The fourth-order valence-corrected chi connectivity index (χ4v) is 3.63. The van der Waals surface area contributed by atoms with Crippen molar-refractivity contribution in [2.24, 2.45) is 5.92 Å². The number of ether oxygens (including phenoxy) is 1. The second-order valence-electron chi connectivity index (χ2n) is 7.54. The first kappa shape index (κ1) is 19.2. The van der Waals surface area contributed by atoms with Crippen LogP contribution < -0.4 is 15.6 Å². The monoisotopic (exact) mass is 391 g/mol. The lowest BCUT2D eigenvalue weighted by atomic mass is 10.0. The Bertz CT molecular complexity index is 1050. The summed E-state index contributed by atoms with van der Waals surface area (Å²) in [7, 11) is 1.65. The molecule has 0 aliphatic heterocycles. The van der Waals surface area contributed by atoms with Crippen molar-refractivity contribution < 1.29 is 9.53 Å². The van der Waals surface area contributed by atoms with Crippen LogP contribution in [0.3, 0.4) is 0 Å². The molecule has 1 amide bonds. The van der Waals surface area contributed by atoms with E-state index in [-0.39, 0.29) is 17.5 Å². The van der Waals surface area contributed by atoms with Crippen molar-refractivity contribution in [1.82, 2.24) is 15.3 Å². The molecule has 1 aromatic heterocycles. The van der Waals surface area contributed by atoms with E-state index in [1.165, 1.54) is 0 Å². The minimum atomic E-state index is -0.136. The van der Waals surface area contributed by atoms with Gasteiger partial charge in [0.15, 0.2) is 0 Å². The van der Waals surface area contributed by atoms with Crippen LogP contribution in [-0.4, -0.2) is 23.0 Å². The average Bonchev–Trinajstić information content (AvgIpc) is 3.57. The van der Waals surface area contributed by atoms with Crippen molar-refractivity contribution in [3.63, 3.8) is 0 Å². The SMILES string of the molecule is COc1ccc(C(NC(=O)CCCc2nc3ccccc3c(=O)[nH]2)C2CC2)cc1. The molecule has 1 aliphatic rings. The Morgan fingerprint density at radius 3 is 2.69 bits per heavy atom. The van der Waals surface area contributed by atoms with E-state index in [2.05, 4.69) is 15.3 Å². The van der Waals surface area contributed by atoms with Crippen LogP contribution in [-0.2, 0) is 11.2 Å². The van der Waals surface area contributed by atoms with E-state index in [1.807, 2.05) is 42.5 Å².